The second-order valence-corrected chi connectivity index (χ2v) is 12.7. The summed E-state index contributed by atoms with van der Waals surface area (Å²) < 4.78 is 31.8. The minimum absolute atomic E-state index is 0.102. The van der Waals surface area contributed by atoms with Gasteiger partial charge in [-0.3, -0.25) is 14.3 Å². The molecular formula is C32H34ClN2O7P. The molecule has 226 valence electrons. The molecule has 0 saturated carbocycles. The summed E-state index contributed by atoms with van der Waals surface area (Å²) in [5.41, 5.74) is 1.00. The predicted molar refractivity (Wildman–Crippen MR) is 166 cm³/mol. The standard InChI is InChI=1S/C32H34ClN2O7P/c1-21-19-35(31(37)34-30(21)36)29-18-27(42-43(4)33)28(41-29)20-40-32(22-8-6-5-7-9-22,23-10-14-25(38-2)15-11-23)24-12-16-26(39-3)17-13-24/h5-17,19,27-29H,18,20H2,1-4H3,(H,34,36,37)/t27-,28+,29+,43?/m0/s1. The molecule has 0 radical (unpaired) electrons. The van der Waals surface area contributed by atoms with Crippen molar-refractivity contribution in [3.63, 3.8) is 0 Å². The van der Waals surface area contributed by atoms with E-state index in [-0.39, 0.29) is 6.61 Å². The fraction of sp³-hybridized carbons (Fsp3) is 0.312. The van der Waals surface area contributed by atoms with E-state index in [9.17, 15) is 9.59 Å². The van der Waals surface area contributed by atoms with Gasteiger partial charge in [-0.2, -0.15) is 0 Å². The maximum absolute atomic E-state index is 12.7. The van der Waals surface area contributed by atoms with Gasteiger partial charge in [-0.1, -0.05) is 65.8 Å². The Morgan fingerprint density at radius 1 is 0.930 bits per heavy atom. The van der Waals surface area contributed by atoms with E-state index in [1.54, 1.807) is 27.8 Å². The molecule has 9 nitrogen and oxygen atoms in total. The molecule has 0 amide bonds. The fourth-order valence-corrected chi connectivity index (χ4v) is 6.30. The van der Waals surface area contributed by atoms with Gasteiger partial charge in [0.05, 0.1) is 26.9 Å². The first-order valence-corrected chi connectivity index (χ1v) is 16.4. The molecule has 1 fully saturated rings. The molecule has 4 atom stereocenters. The van der Waals surface area contributed by atoms with Crippen LogP contribution in [-0.2, 0) is 19.6 Å². The summed E-state index contributed by atoms with van der Waals surface area (Å²) in [4.78, 5) is 27.0. The molecule has 0 bridgehead atoms. The number of H-pyrrole nitrogens is 1. The van der Waals surface area contributed by atoms with Crippen molar-refractivity contribution in [3.8, 4) is 11.5 Å². The lowest BCUT2D eigenvalue weighted by atomic mass is 9.80. The van der Waals surface area contributed by atoms with Gasteiger partial charge in [0, 0.05) is 18.2 Å². The third-order valence-electron chi connectivity index (χ3n) is 7.55. The van der Waals surface area contributed by atoms with Crippen molar-refractivity contribution in [3.05, 3.63) is 128 Å². The molecular weight excluding hydrogens is 591 g/mol. The van der Waals surface area contributed by atoms with Gasteiger partial charge >= 0.3 is 5.69 Å². The highest BCUT2D eigenvalue weighted by Crippen LogP contribution is 2.46. The SMILES string of the molecule is COc1ccc(C(OC[C@H]2O[C@@H](n3cc(C)c(=O)[nH]c3=O)C[C@@H]2OP(C)Cl)(c2ccccc2)c2ccc(OC)cc2)cc1. The van der Waals surface area contributed by atoms with Crippen molar-refractivity contribution >= 4 is 18.7 Å². The van der Waals surface area contributed by atoms with Crippen LogP contribution >= 0.6 is 18.7 Å². The van der Waals surface area contributed by atoms with Crippen LogP contribution in [0.5, 0.6) is 11.5 Å². The molecule has 1 saturated heterocycles. The number of aromatic nitrogens is 2. The Kier molecular flexibility index (Phi) is 9.69. The molecule has 1 aliphatic rings. The molecule has 2 heterocycles. The third-order valence-corrected chi connectivity index (χ3v) is 8.36. The van der Waals surface area contributed by atoms with E-state index < -0.39 is 42.8 Å². The lowest BCUT2D eigenvalue weighted by molar-refractivity contribution is -0.0906. The highest BCUT2D eigenvalue weighted by molar-refractivity contribution is 7.79. The number of nitrogens with one attached hydrogen (secondary N) is 1. The number of ether oxygens (including phenoxy) is 4. The number of benzene rings is 3. The predicted octanol–water partition coefficient (Wildman–Crippen LogP) is 5.72. The van der Waals surface area contributed by atoms with E-state index in [4.69, 9.17) is 34.7 Å². The normalized spacial score (nSPS) is 19.2. The van der Waals surface area contributed by atoms with Gasteiger partial charge in [-0.05, 0) is 54.5 Å². The Labute approximate surface area is 255 Å². The smallest absolute Gasteiger partial charge is 0.330 e. The summed E-state index contributed by atoms with van der Waals surface area (Å²) in [5.74, 6) is 1.44. The topological polar surface area (TPSA) is 101 Å². The monoisotopic (exact) mass is 624 g/mol. The summed E-state index contributed by atoms with van der Waals surface area (Å²) in [7, 11) is 1.99. The maximum atomic E-state index is 12.7. The van der Waals surface area contributed by atoms with Gasteiger partial charge in [0.25, 0.3) is 5.56 Å². The van der Waals surface area contributed by atoms with Gasteiger partial charge in [0.2, 0.25) is 0 Å². The molecule has 0 spiro atoms. The highest BCUT2D eigenvalue weighted by Gasteiger charge is 2.43. The van der Waals surface area contributed by atoms with E-state index in [1.165, 1.54) is 10.8 Å². The lowest BCUT2D eigenvalue weighted by Crippen LogP contribution is -2.38. The van der Waals surface area contributed by atoms with Crippen LogP contribution < -0.4 is 20.7 Å². The van der Waals surface area contributed by atoms with E-state index >= 15 is 0 Å². The molecule has 5 rings (SSSR count). The molecule has 3 aromatic carbocycles. The van der Waals surface area contributed by atoms with Crippen LogP contribution in [0.4, 0.5) is 0 Å². The van der Waals surface area contributed by atoms with E-state index in [0.29, 0.717) is 12.0 Å². The molecule has 1 N–H and O–H groups in total. The average molecular weight is 625 g/mol. The van der Waals surface area contributed by atoms with Gasteiger partial charge < -0.3 is 23.5 Å². The maximum Gasteiger partial charge on any atom is 0.330 e. The summed E-state index contributed by atoms with van der Waals surface area (Å²) in [6.45, 7) is 3.53. The van der Waals surface area contributed by atoms with Crippen LogP contribution in [0.3, 0.4) is 0 Å². The summed E-state index contributed by atoms with van der Waals surface area (Å²) in [6, 6.07) is 25.5. The van der Waals surface area contributed by atoms with Crippen LogP contribution in [0.25, 0.3) is 0 Å². The molecule has 1 aromatic heterocycles. The first-order chi connectivity index (χ1) is 20.7. The summed E-state index contributed by atoms with van der Waals surface area (Å²) in [6.07, 6.45) is 0.138. The third kappa shape index (κ3) is 6.56. The zero-order chi connectivity index (χ0) is 30.6. The van der Waals surface area contributed by atoms with E-state index in [2.05, 4.69) is 4.98 Å². The molecule has 1 aliphatic heterocycles. The largest absolute Gasteiger partial charge is 0.497 e. The Hall–Kier alpha value is -3.46. The molecule has 0 aliphatic carbocycles. The first kappa shape index (κ1) is 31.0. The van der Waals surface area contributed by atoms with E-state index in [0.717, 1.165) is 28.2 Å². The van der Waals surface area contributed by atoms with Crippen molar-refractivity contribution in [2.45, 2.75) is 37.4 Å². The fourth-order valence-electron chi connectivity index (χ4n) is 5.40. The number of methoxy groups -OCH3 is 2. The molecule has 43 heavy (non-hydrogen) atoms. The zero-order valence-corrected chi connectivity index (χ0v) is 26.0. The van der Waals surface area contributed by atoms with E-state index in [1.807, 2.05) is 78.9 Å². The molecule has 1 unspecified atom stereocenters. The molecule has 11 heteroatoms. The average Bonchev–Trinajstić information content (AvgIpc) is 3.41. The minimum atomic E-state index is -1.26. The van der Waals surface area contributed by atoms with Crippen molar-refractivity contribution in [2.24, 2.45) is 0 Å². The Morgan fingerprint density at radius 3 is 2.02 bits per heavy atom. The lowest BCUT2D eigenvalue weighted by Gasteiger charge is -2.37. The summed E-state index contributed by atoms with van der Waals surface area (Å²) >= 11 is 6.34. The molecule has 4 aromatic rings. The van der Waals surface area contributed by atoms with Crippen LogP contribution in [0, 0.1) is 6.92 Å². The van der Waals surface area contributed by atoms with Crippen LogP contribution in [0.1, 0.15) is 34.9 Å². The highest BCUT2D eigenvalue weighted by atomic mass is 35.7. The van der Waals surface area contributed by atoms with Crippen LogP contribution in [0.15, 0.2) is 94.6 Å². The number of aromatic amines is 1. The number of nitrogens with zero attached hydrogens (tertiary/aromatic N) is 1. The van der Waals surface area contributed by atoms with Crippen LogP contribution in [-0.4, -0.2) is 49.3 Å². The number of rotatable bonds is 11. The Bertz CT molecular complexity index is 1580. The van der Waals surface area contributed by atoms with Crippen molar-refractivity contribution in [2.75, 3.05) is 27.5 Å². The zero-order valence-electron chi connectivity index (χ0n) is 24.4. The van der Waals surface area contributed by atoms with Gasteiger partial charge in [0.15, 0.2) is 0 Å². The van der Waals surface area contributed by atoms with Crippen molar-refractivity contribution in [1.82, 2.24) is 9.55 Å². The number of halogens is 1. The second-order valence-electron chi connectivity index (χ2n) is 10.2. The van der Waals surface area contributed by atoms with Gasteiger partial charge in [0.1, 0.15) is 36.9 Å². The number of hydrogen-bond donors (Lipinski definition) is 1. The number of hydrogen-bond acceptors (Lipinski definition) is 7. The summed E-state index contributed by atoms with van der Waals surface area (Å²) in [5, 5.41) is 0. The Morgan fingerprint density at radius 2 is 1.49 bits per heavy atom. The minimum Gasteiger partial charge on any atom is -0.497 e. The van der Waals surface area contributed by atoms with Crippen molar-refractivity contribution in [1.29, 1.82) is 0 Å². The van der Waals surface area contributed by atoms with Gasteiger partial charge in [-0.15, -0.1) is 0 Å². The quantitative estimate of drug-likeness (QED) is 0.168. The van der Waals surface area contributed by atoms with Crippen LogP contribution in [0.2, 0.25) is 0 Å². The number of aryl methyl sites for hydroxylation is 1. The Balaban J connectivity index is 1.57. The van der Waals surface area contributed by atoms with Crippen molar-refractivity contribution < 1.29 is 23.5 Å². The second kappa shape index (κ2) is 13.5. The first-order valence-electron chi connectivity index (χ1n) is 13.8. The van der Waals surface area contributed by atoms with Gasteiger partial charge in [-0.25, -0.2) is 4.79 Å².